The summed E-state index contributed by atoms with van der Waals surface area (Å²) in [5, 5.41) is 0. The number of carbonyl (C=O) groups is 1. The van der Waals surface area contributed by atoms with E-state index in [9.17, 15) is 4.79 Å². The van der Waals surface area contributed by atoms with Gasteiger partial charge in [-0.3, -0.25) is 4.79 Å². The molecule has 2 N–H and O–H groups in total. The molecule has 1 atom stereocenters. The molecule has 0 radical (unpaired) electrons. The summed E-state index contributed by atoms with van der Waals surface area (Å²) in [4.78, 5) is 11.1. The highest BCUT2D eigenvalue weighted by Crippen LogP contribution is 2.46. The number of carbonyl (C=O) groups excluding carboxylic acids is 1. The molecule has 1 aliphatic rings. The largest absolute Gasteiger partial charge is 0.497 e. The summed E-state index contributed by atoms with van der Waals surface area (Å²) in [6.45, 7) is 1.73. The van der Waals surface area contributed by atoms with E-state index >= 15 is 0 Å². The van der Waals surface area contributed by atoms with Crippen LogP contribution in [0.4, 0.5) is 5.69 Å². The maximum Gasteiger partial charge on any atom is 0.302 e. The highest BCUT2D eigenvalue weighted by atomic mass is 16.5. The Labute approximate surface area is 123 Å². The number of nitrogens with two attached hydrogens (primary N) is 1. The number of esters is 1. The molecule has 0 heterocycles. The topological polar surface area (TPSA) is 61.5 Å². The Balaban J connectivity index is 2.10. The van der Waals surface area contributed by atoms with Crippen LogP contribution in [0.3, 0.4) is 0 Å². The van der Waals surface area contributed by atoms with E-state index in [1.165, 1.54) is 6.92 Å². The van der Waals surface area contributed by atoms with Gasteiger partial charge < -0.3 is 15.2 Å². The van der Waals surface area contributed by atoms with Crippen molar-refractivity contribution in [1.82, 2.24) is 0 Å². The number of benzene rings is 2. The molecule has 1 unspecified atom stereocenters. The Morgan fingerprint density at radius 2 is 1.81 bits per heavy atom. The van der Waals surface area contributed by atoms with Crippen LogP contribution in [0.2, 0.25) is 0 Å². The zero-order chi connectivity index (χ0) is 15.0. The molecule has 1 aliphatic carbocycles. The average molecular weight is 283 g/mol. The standard InChI is InChI=1S/C17H17NO3/c1-10(19)21-9-17-15-7-11(18)3-5-13(15)14-6-4-12(20-2)8-16(14)17/h3-8,17H,9,18H2,1-2H3. The first-order valence-electron chi connectivity index (χ1n) is 6.81. The highest BCUT2D eigenvalue weighted by Gasteiger charge is 2.30. The number of ether oxygens (including phenoxy) is 2. The zero-order valence-electron chi connectivity index (χ0n) is 12.1. The van der Waals surface area contributed by atoms with Crippen molar-refractivity contribution >= 4 is 11.7 Å². The smallest absolute Gasteiger partial charge is 0.302 e. The van der Waals surface area contributed by atoms with Gasteiger partial charge in [0.05, 0.1) is 7.11 Å². The maximum atomic E-state index is 11.1. The van der Waals surface area contributed by atoms with Gasteiger partial charge in [-0.2, -0.15) is 0 Å². The second kappa shape index (κ2) is 5.13. The van der Waals surface area contributed by atoms with Gasteiger partial charge in [-0.1, -0.05) is 12.1 Å². The molecule has 0 bridgehead atoms. The molecule has 0 saturated heterocycles. The van der Waals surface area contributed by atoms with E-state index in [1.807, 2.05) is 36.4 Å². The molecule has 0 amide bonds. The van der Waals surface area contributed by atoms with Crippen LogP contribution in [0.1, 0.15) is 24.0 Å². The zero-order valence-corrected chi connectivity index (χ0v) is 12.1. The van der Waals surface area contributed by atoms with E-state index in [0.29, 0.717) is 12.3 Å². The lowest BCUT2D eigenvalue weighted by atomic mass is 9.97. The van der Waals surface area contributed by atoms with E-state index in [-0.39, 0.29) is 11.9 Å². The van der Waals surface area contributed by atoms with Gasteiger partial charge in [0.25, 0.3) is 0 Å². The first-order valence-corrected chi connectivity index (χ1v) is 6.81. The third-order valence-corrected chi connectivity index (χ3v) is 3.83. The monoisotopic (exact) mass is 283 g/mol. The molecule has 0 saturated carbocycles. The summed E-state index contributed by atoms with van der Waals surface area (Å²) >= 11 is 0. The van der Waals surface area contributed by atoms with E-state index in [4.69, 9.17) is 15.2 Å². The highest BCUT2D eigenvalue weighted by molar-refractivity contribution is 5.81. The molecule has 4 heteroatoms. The molecule has 3 rings (SSSR count). The first-order chi connectivity index (χ1) is 10.1. The SMILES string of the molecule is COc1ccc2c(c1)C(COC(C)=O)c1cc(N)ccc1-2. The van der Waals surface area contributed by atoms with Crippen molar-refractivity contribution in [3.63, 3.8) is 0 Å². The van der Waals surface area contributed by atoms with Gasteiger partial charge in [-0.05, 0) is 46.5 Å². The van der Waals surface area contributed by atoms with Crippen molar-refractivity contribution in [3.05, 3.63) is 47.5 Å². The van der Waals surface area contributed by atoms with E-state index in [1.54, 1.807) is 7.11 Å². The lowest BCUT2D eigenvalue weighted by molar-refractivity contribution is -0.141. The van der Waals surface area contributed by atoms with Gasteiger partial charge in [0.2, 0.25) is 0 Å². The van der Waals surface area contributed by atoms with Crippen LogP contribution in [-0.2, 0) is 9.53 Å². The summed E-state index contributed by atoms with van der Waals surface area (Å²) in [6.07, 6.45) is 0. The molecule has 4 nitrogen and oxygen atoms in total. The third kappa shape index (κ3) is 2.33. The summed E-state index contributed by atoms with van der Waals surface area (Å²) in [5.74, 6) is 0.511. The number of nitrogen functional groups attached to an aromatic ring is 1. The Hall–Kier alpha value is -2.49. The first kappa shape index (κ1) is 13.5. The second-order valence-corrected chi connectivity index (χ2v) is 5.16. The maximum absolute atomic E-state index is 11.1. The molecular weight excluding hydrogens is 266 g/mol. The summed E-state index contributed by atoms with van der Waals surface area (Å²) < 4.78 is 10.5. The lowest BCUT2D eigenvalue weighted by Gasteiger charge is -2.14. The third-order valence-electron chi connectivity index (χ3n) is 3.83. The van der Waals surface area contributed by atoms with Crippen LogP contribution in [0.5, 0.6) is 5.75 Å². The van der Waals surface area contributed by atoms with E-state index in [2.05, 4.69) is 0 Å². The molecule has 2 aromatic rings. The van der Waals surface area contributed by atoms with Crippen molar-refractivity contribution < 1.29 is 14.3 Å². The fourth-order valence-corrected chi connectivity index (χ4v) is 2.86. The number of hydrogen-bond donors (Lipinski definition) is 1. The van der Waals surface area contributed by atoms with Gasteiger partial charge in [0.1, 0.15) is 12.4 Å². The quantitative estimate of drug-likeness (QED) is 0.695. The van der Waals surface area contributed by atoms with Crippen molar-refractivity contribution in [2.45, 2.75) is 12.8 Å². The summed E-state index contributed by atoms with van der Waals surface area (Å²) in [6, 6.07) is 11.8. The van der Waals surface area contributed by atoms with Crippen LogP contribution in [0, 0.1) is 0 Å². The van der Waals surface area contributed by atoms with Crippen molar-refractivity contribution in [2.24, 2.45) is 0 Å². The molecular formula is C17H17NO3. The minimum Gasteiger partial charge on any atom is -0.497 e. The minimum absolute atomic E-state index is 0.00231. The predicted molar refractivity (Wildman–Crippen MR) is 81.3 cm³/mol. The van der Waals surface area contributed by atoms with Crippen LogP contribution >= 0.6 is 0 Å². The predicted octanol–water partition coefficient (Wildman–Crippen LogP) is 2.95. The van der Waals surface area contributed by atoms with Crippen LogP contribution in [-0.4, -0.2) is 19.7 Å². The molecule has 0 aliphatic heterocycles. The fraction of sp³-hybridized carbons (Fsp3) is 0.235. The van der Waals surface area contributed by atoms with Crippen molar-refractivity contribution in [2.75, 3.05) is 19.5 Å². The van der Waals surface area contributed by atoms with Crippen molar-refractivity contribution in [3.8, 4) is 16.9 Å². The molecule has 0 fully saturated rings. The normalized spacial score (nSPS) is 15.2. The Morgan fingerprint density at radius 3 is 2.48 bits per heavy atom. The van der Waals surface area contributed by atoms with Crippen LogP contribution in [0.15, 0.2) is 36.4 Å². The minimum atomic E-state index is -0.281. The van der Waals surface area contributed by atoms with E-state index < -0.39 is 0 Å². The Kier molecular flexibility index (Phi) is 3.29. The van der Waals surface area contributed by atoms with Crippen LogP contribution < -0.4 is 10.5 Å². The molecule has 2 aromatic carbocycles. The Morgan fingerprint density at radius 1 is 1.14 bits per heavy atom. The fourth-order valence-electron chi connectivity index (χ4n) is 2.86. The Bertz CT molecular complexity index is 709. The van der Waals surface area contributed by atoms with Crippen LogP contribution in [0.25, 0.3) is 11.1 Å². The summed E-state index contributed by atoms with van der Waals surface area (Å²) in [5.41, 5.74) is 11.1. The molecule has 21 heavy (non-hydrogen) atoms. The second-order valence-electron chi connectivity index (χ2n) is 5.16. The van der Waals surface area contributed by atoms with Gasteiger partial charge in [0.15, 0.2) is 0 Å². The number of fused-ring (bicyclic) bond motifs is 3. The van der Waals surface area contributed by atoms with Gasteiger partial charge in [-0.15, -0.1) is 0 Å². The van der Waals surface area contributed by atoms with Gasteiger partial charge in [0, 0.05) is 18.5 Å². The summed E-state index contributed by atoms with van der Waals surface area (Å²) in [7, 11) is 1.64. The number of methoxy groups -OCH3 is 1. The van der Waals surface area contributed by atoms with Gasteiger partial charge in [-0.25, -0.2) is 0 Å². The van der Waals surface area contributed by atoms with Crippen molar-refractivity contribution in [1.29, 1.82) is 0 Å². The lowest BCUT2D eigenvalue weighted by Crippen LogP contribution is -2.10. The molecule has 0 spiro atoms. The number of rotatable bonds is 3. The van der Waals surface area contributed by atoms with E-state index in [0.717, 1.165) is 28.0 Å². The molecule has 108 valence electrons. The number of anilines is 1. The average Bonchev–Trinajstić information content (AvgIpc) is 2.77. The van der Waals surface area contributed by atoms with Gasteiger partial charge >= 0.3 is 5.97 Å². The molecule has 0 aromatic heterocycles. The number of hydrogen-bond acceptors (Lipinski definition) is 4.